The Morgan fingerprint density at radius 3 is 2.13 bits per heavy atom. The minimum atomic E-state index is -1.39. The molecule has 3 aromatic rings. The van der Waals surface area contributed by atoms with Gasteiger partial charge in [-0.25, -0.2) is 9.59 Å². The van der Waals surface area contributed by atoms with Crippen LogP contribution in [0.4, 0.5) is 16.2 Å². The van der Waals surface area contributed by atoms with Crippen molar-refractivity contribution in [3.05, 3.63) is 95.6 Å². The molecular formula is C29H29N3O7. The second-order valence-corrected chi connectivity index (χ2v) is 9.56. The number of hydrogen-bond donors (Lipinski definition) is 4. The van der Waals surface area contributed by atoms with E-state index in [0.29, 0.717) is 5.56 Å². The molecule has 0 aliphatic carbocycles. The van der Waals surface area contributed by atoms with E-state index < -0.39 is 41.9 Å². The van der Waals surface area contributed by atoms with Gasteiger partial charge >= 0.3 is 18.0 Å². The minimum absolute atomic E-state index is 0.0458. The lowest BCUT2D eigenvalue weighted by atomic mass is 10.0. The Morgan fingerprint density at radius 2 is 1.46 bits per heavy atom. The molecule has 0 aliphatic heterocycles. The SMILES string of the molecule is CC(C)(C)OC(=O)CC(NC(=O)Nc1cccc(C(=O)O)c1)C(=O)Nc1ccccc1C(=O)c1ccccc1. The fourth-order valence-corrected chi connectivity index (χ4v) is 3.57. The summed E-state index contributed by atoms with van der Waals surface area (Å²) in [6.07, 6.45) is -0.500. The average molecular weight is 532 g/mol. The van der Waals surface area contributed by atoms with Crippen LogP contribution in [0.3, 0.4) is 0 Å². The number of hydrogen-bond acceptors (Lipinski definition) is 6. The van der Waals surface area contributed by atoms with Crippen molar-refractivity contribution in [2.75, 3.05) is 10.6 Å². The van der Waals surface area contributed by atoms with Crippen molar-refractivity contribution in [2.24, 2.45) is 0 Å². The van der Waals surface area contributed by atoms with Gasteiger partial charge in [0.15, 0.2) is 5.78 Å². The molecule has 3 aromatic carbocycles. The number of para-hydroxylation sites is 1. The lowest BCUT2D eigenvalue weighted by Gasteiger charge is -2.23. The first-order valence-corrected chi connectivity index (χ1v) is 12.1. The highest BCUT2D eigenvalue weighted by atomic mass is 16.6. The van der Waals surface area contributed by atoms with Gasteiger partial charge in [-0.2, -0.15) is 0 Å². The van der Waals surface area contributed by atoms with Gasteiger partial charge in [-0.15, -0.1) is 0 Å². The number of carboxylic acid groups (broad SMARTS) is 1. The molecule has 0 aromatic heterocycles. The summed E-state index contributed by atoms with van der Waals surface area (Å²) in [5.74, 6) is -2.99. The monoisotopic (exact) mass is 531 g/mol. The predicted octanol–water partition coefficient (Wildman–Crippen LogP) is 4.48. The number of anilines is 2. The Morgan fingerprint density at radius 1 is 0.821 bits per heavy atom. The maximum absolute atomic E-state index is 13.3. The zero-order valence-electron chi connectivity index (χ0n) is 21.7. The summed E-state index contributed by atoms with van der Waals surface area (Å²) in [4.78, 5) is 62.9. The number of ketones is 1. The van der Waals surface area contributed by atoms with E-state index in [1.165, 1.54) is 30.3 Å². The van der Waals surface area contributed by atoms with Crippen LogP contribution in [0.25, 0.3) is 0 Å². The van der Waals surface area contributed by atoms with Gasteiger partial charge in [0.05, 0.1) is 17.7 Å². The van der Waals surface area contributed by atoms with Crippen LogP contribution in [-0.2, 0) is 14.3 Å². The van der Waals surface area contributed by atoms with Crippen LogP contribution in [0, 0.1) is 0 Å². The molecule has 0 saturated heterocycles. The quantitative estimate of drug-likeness (QED) is 0.235. The van der Waals surface area contributed by atoms with Gasteiger partial charge in [0.2, 0.25) is 5.91 Å². The Labute approximate surface area is 225 Å². The van der Waals surface area contributed by atoms with Crippen LogP contribution < -0.4 is 16.0 Å². The number of rotatable bonds is 9. The van der Waals surface area contributed by atoms with Crippen molar-refractivity contribution in [3.8, 4) is 0 Å². The van der Waals surface area contributed by atoms with Crippen LogP contribution in [0.15, 0.2) is 78.9 Å². The maximum atomic E-state index is 13.3. The van der Waals surface area contributed by atoms with E-state index in [1.54, 1.807) is 69.3 Å². The Kier molecular flexibility index (Phi) is 9.16. The second-order valence-electron chi connectivity index (χ2n) is 9.56. The number of urea groups is 1. The third kappa shape index (κ3) is 8.53. The molecule has 10 nitrogen and oxygen atoms in total. The summed E-state index contributed by atoms with van der Waals surface area (Å²) < 4.78 is 5.32. The summed E-state index contributed by atoms with van der Waals surface area (Å²) in [6, 6.07) is 18.2. The summed E-state index contributed by atoms with van der Waals surface area (Å²) in [6.45, 7) is 5.00. The van der Waals surface area contributed by atoms with E-state index in [4.69, 9.17) is 4.74 Å². The van der Waals surface area contributed by atoms with Gasteiger partial charge in [-0.05, 0) is 51.1 Å². The normalized spacial score (nSPS) is 11.6. The number of amides is 3. The van der Waals surface area contributed by atoms with Gasteiger partial charge in [0, 0.05) is 16.8 Å². The molecule has 0 saturated carbocycles. The predicted molar refractivity (Wildman–Crippen MR) is 145 cm³/mol. The van der Waals surface area contributed by atoms with Gasteiger partial charge in [-0.3, -0.25) is 14.4 Å². The lowest BCUT2D eigenvalue weighted by molar-refractivity contribution is -0.156. The van der Waals surface area contributed by atoms with Crippen LogP contribution in [0.1, 0.15) is 53.5 Å². The van der Waals surface area contributed by atoms with Crippen molar-refractivity contribution >= 4 is 41.0 Å². The number of aromatic carboxylic acids is 1. The molecule has 3 rings (SSSR count). The highest BCUT2D eigenvalue weighted by Crippen LogP contribution is 2.20. The Hall–Kier alpha value is -4.99. The standard InChI is InChI=1S/C29H29N3O7/c1-29(2,3)39-24(33)17-23(32-28(38)30-20-13-9-12-19(16-20)27(36)37)26(35)31-22-15-8-7-14-21(22)25(34)18-10-5-4-6-11-18/h4-16,23H,17H2,1-3H3,(H,31,35)(H,36,37)(H2,30,32,38). The summed E-state index contributed by atoms with van der Waals surface area (Å²) >= 11 is 0. The average Bonchev–Trinajstić information content (AvgIpc) is 2.87. The third-order valence-electron chi connectivity index (χ3n) is 5.25. The van der Waals surface area contributed by atoms with Gasteiger partial charge in [0.25, 0.3) is 0 Å². The molecule has 0 heterocycles. The van der Waals surface area contributed by atoms with Crippen molar-refractivity contribution in [3.63, 3.8) is 0 Å². The summed E-state index contributed by atoms with van der Waals surface area (Å²) in [5, 5.41) is 16.7. The molecule has 0 fully saturated rings. The van der Waals surface area contributed by atoms with Crippen LogP contribution >= 0.6 is 0 Å². The largest absolute Gasteiger partial charge is 0.478 e. The summed E-state index contributed by atoms with van der Waals surface area (Å²) in [5.41, 5.74) is 0.139. The number of ether oxygens (including phenoxy) is 1. The minimum Gasteiger partial charge on any atom is -0.478 e. The summed E-state index contributed by atoms with van der Waals surface area (Å²) in [7, 11) is 0. The molecule has 1 unspecified atom stereocenters. The zero-order valence-corrected chi connectivity index (χ0v) is 21.7. The molecule has 4 N–H and O–H groups in total. The molecule has 10 heteroatoms. The van der Waals surface area contributed by atoms with Crippen molar-refractivity contribution < 1.29 is 33.8 Å². The second kappa shape index (κ2) is 12.5. The number of nitrogens with one attached hydrogen (secondary N) is 3. The van der Waals surface area contributed by atoms with Gasteiger partial charge in [-0.1, -0.05) is 48.5 Å². The van der Waals surface area contributed by atoms with E-state index in [9.17, 15) is 29.1 Å². The first kappa shape index (κ1) is 28.6. The molecule has 0 spiro atoms. The molecule has 0 radical (unpaired) electrons. The van der Waals surface area contributed by atoms with Gasteiger partial charge in [0.1, 0.15) is 11.6 Å². The molecule has 3 amide bonds. The van der Waals surface area contributed by atoms with Crippen molar-refractivity contribution in [1.82, 2.24) is 5.32 Å². The molecule has 202 valence electrons. The Bertz CT molecular complexity index is 1380. The molecule has 0 bridgehead atoms. The molecule has 1 atom stereocenters. The van der Waals surface area contributed by atoms with Crippen LogP contribution in [0.2, 0.25) is 0 Å². The fraction of sp³-hybridized carbons (Fsp3) is 0.207. The van der Waals surface area contributed by atoms with E-state index >= 15 is 0 Å². The third-order valence-corrected chi connectivity index (χ3v) is 5.25. The van der Waals surface area contributed by atoms with Crippen LogP contribution in [-0.4, -0.2) is 46.4 Å². The number of esters is 1. The smallest absolute Gasteiger partial charge is 0.335 e. The zero-order chi connectivity index (χ0) is 28.6. The van der Waals surface area contributed by atoms with E-state index in [-0.39, 0.29) is 28.3 Å². The fourth-order valence-electron chi connectivity index (χ4n) is 3.57. The lowest BCUT2D eigenvalue weighted by Crippen LogP contribution is -2.47. The topological polar surface area (TPSA) is 151 Å². The number of carboxylic acids is 1. The maximum Gasteiger partial charge on any atom is 0.335 e. The van der Waals surface area contributed by atoms with Crippen LogP contribution in [0.5, 0.6) is 0 Å². The van der Waals surface area contributed by atoms with Crippen molar-refractivity contribution in [2.45, 2.75) is 38.8 Å². The number of carbonyl (C=O) groups is 5. The number of carbonyl (C=O) groups excluding carboxylic acids is 4. The molecule has 0 aliphatic rings. The van der Waals surface area contributed by atoms with E-state index in [1.807, 2.05) is 0 Å². The molecule has 39 heavy (non-hydrogen) atoms. The highest BCUT2D eigenvalue weighted by Gasteiger charge is 2.28. The van der Waals surface area contributed by atoms with E-state index in [2.05, 4.69) is 16.0 Å². The van der Waals surface area contributed by atoms with Crippen molar-refractivity contribution in [1.29, 1.82) is 0 Å². The highest BCUT2D eigenvalue weighted by molar-refractivity contribution is 6.14. The Balaban J connectivity index is 1.82. The first-order valence-electron chi connectivity index (χ1n) is 12.1. The first-order chi connectivity index (χ1) is 18.4. The van der Waals surface area contributed by atoms with Gasteiger partial charge < -0.3 is 25.8 Å². The number of benzene rings is 3. The molecular weight excluding hydrogens is 502 g/mol. The van der Waals surface area contributed by atoms with E-state index in [0.717, 1.165) is 0 Å².